The second-order valence-corrected chi connectivity index (χ2v) is 2.64. The SMILES string of the molecule is COc1cncc2ccnc(N)c12. The fourth-order valence-electron chi connectivity index (χ4n) is 1.27. The predicted molar refractivity (Wildman–Crippen MR) is 50.5 cm³/mol. The standard InChI is InChI=1S/C9H9N3O/c1-13-7-5-11-4-6-2-3-12-9(10)8(6)7/h2-5H,1H3,(H2,10,12). The van der Waals surface area contributed by atoms with Crippen LogP contribution in [0.2, 0.25) is 0 Å². The van der Waals surface area contributed by atoms with Gasteiger partial charge in [0.05, 0.1) is 18.7 Å². The lowest BCUT2D eigenvalue weighted by molar-refractivity contribution is 0.418. The molecule has 0 bridgehead atoms. The van der Waals surface area contributed by atoms with Gasteiger partial charge in [0.2, 0.25) is 0 Å². The molecular weight excluding hydrogens is 166 g/mol. The zero-order valence-corrected chi connectivity index (χ0v) is 7.19. The van der Waals surface area contributed by atoms with Crippen LogP contribution in [0.3, 0.4) is 0 Å². The molecule has 0 amide bonds. The lowest BCUT2D eigenvalue weighted by Crippen LogP contribution is -1.94. The first-order chi connectivity index (χ1) is 6.33. The molecule has 4 nitrogen and oxygen atoms in total. The second-order valence-electron chi connectivity index (χ2n) is 2.64. The molecule has 0 aliphatic heterocycles. The average molecular weight is 175 g/mol. The van der Waals surface area contributed by atoms with Gasteiger partial charge in [0, 0.05) is 17.8 Å². The number of rotatable bonds is 1. The third kappa shape index (κ3) is 1.16. The van der Waals surface area contributed by atoms with Gasteiger partial charge in [-0.2, -0.15) is 0 Å². The maximum Gasteiger partial charge on any atom is 0.148 e. The van der Waals surface area contributed by atoms with Gasteiger partial charge in [0.25, 0.3) is 0 Å². The van der Waals surface area contributed by atoms with Gasteiger partial charge in [0.15, 0.2) is 0 Å². The van der Waals surface area contributed by atoms with Crippen molar-refractivity contribution in [2.45, 2.75) is 0 Å². The van der Waals surface area contributed by atoms with E-state index in [1.807, 2.05) is 6.07 Å². The molecule has 0 unspecified atom stereocenters. The minimum atomic E-state index is 0.469. The van der Waals surface area contributed by atoms with Gasteiger partial charge in [-0.15, -0.1) is 0 Å². The van der Waals surface area contributed by atoms with Crippen molar-refractivity contribution in [3.05, 3.63) is 24.7 Å². The van der Waals surface area contributed by atoms with E-state index in [1.165, 1.54) is 0 Å². The van der Waals surface area contributed by atoms with E-state index >= 15 is 0 Å². The van der Waals surface area contributed by atoms with Crippen molar-refractivity contribution in [3.8, 4) is 5.75 Å². The molecule has 2 N–H and O–H groups in total. The molecular formula is C9H9N3O. The van der Waals surface area contributed by atoms with Gasteiger partial charge < -0.3 is 10.5 Å². The number of nitrogens with two attached hydrogens (primary N) is 1. The highest BCUT2D eigenvalue weighted by molar-refractivity contribution is 5.95. The summed E-state index contributed by atoms with van der Waals surface area (Å²) in [7, 11) is 1.59. The molecule has 2 rings (SSSR count). The molecule has 0 aromatic carbocycles. The van der Waals surface area contributed by atoms with Gasteiger partial charge in [-0.1, -0.05) is 0 Å². The largest absolute Gasteiger partial charge is 0.494 e. The fourth-order valence-corrected chi connectivity index (χ4v) is 1.27. The van der Waals surface area contributed by atoms with E-state index in [2.05, 4.69) is 9.97 Å². The number of nitrogens with zero attached hydrogens (tertiary/aromatic N) is 2. The van der Waals surface area contributed by atoms with E-state index in [1.54, 1.807) is 25.7 Å². The maximum absolute atomic E-state index is 5.71. The molecule has 0 aliphatic rings. The van der Waals surface area contributed by atoms with Crippen molar-refractivity contribution in [2.75, 3.05) is 12.8 Å². The molecule has 2 aromatic rings. The highest BCUT2D eigenvalue weighted by atomic mass is 16.5. The highest BCUT2D eigenvalue weighted by Crippen LogP contribution is 2.27. The van der Waals surface area contributed by atoms with Crippen LogP contribution in [0.25, 0.3) is 10.8 Å². The molecule has 13 heavy (non-hydrogen) atoms. The summed E-state index contributed by atoms with van der Waals surface area (Å²) in [5, 5.41) is 1.76. The maximum atomic E-state index is 5.71. The number of ether oxygens (including phenoxy) is 1. The van der Waals surface area contributed by atoms with Crippen LogP contribution in [-0.2, 0) is 0 Å². The van der Waals surface area contributed by atoms with E-state index in [0.717, 1.165) is 10.8 Å². The highest BCUT2D eigenvalue weighted by Gasteiger charge is 2.04. The molecule has 0 aliphatic carbocycles. The van der Waals surface area contributed by atoms with Crippen molar-refractivity contribution in [1.82, 2.24) is 9.97 Å². The minimum absolute atomic E-state index is 0.469. The van der Waals surface area contributed by atoms with Crippen LogP contribution >= 0.6 is 0 Å². The van der Waals surface area contributed by atoms with Gasteiger partial charge in [-0.25, -0.2) is 4.98 Å². The summed E-state index contributed by atoms with van der Waals surface area (Å²) in [6, 6.07) is 1.85. The number of pyridine rings is 2. The van der Waals surface area contributed by atoms with Gasteiger partial charge in [-0.05, 0) is 6.07 Å². The van der Waals surface area contributed by atoms with Crippen molar-refractivity contribution >= 4 is 16.6 Å². The molecule has 0 spiro atoms. The number of nitrogen functional groups attached to an aromatic ring is 1. The smallest absolute Gasteiger partial charge is 0.148 e. The van der Waals surface area contributed by atoms with Crippen LogP contribution in [0.15, 0.2) is 24.7 Å². The van der Waals surface area contributed by atoms with Crippen molar-refractivity contribution in [3.63, 3.8) is 0 Å². The molecule has 2 aromatic heterocycles. The number of hydrogen-bond donors (Lipinski definition) is 1. The zero-order chi connectivity index (χ0) is 9.26. The van der Waals surface area contributed by atoms with Crippen LogP contribution in [0.1, 0.15) is 0 Å². The summed E-state index contributed by atoms with van der Waals surface area (Å²) in [6.07, 6.45) is 5.01. The van der Waals surface area contributed by atoms with Crippen molar-refractivity contribution in [1.29, 1.82) is 0 Å². The first-order valence-corrected chi connectivity index (χ1v) is 3.85. The third-order valence-corrected chi connectivity index (χ3v) is 1.88. The molecule has 2 heterocycles. The van der Waals surface area contributed by atoms with E-state index in [0.29, 0.717) is 11.6 Å². The lowest BCUT2D eigenvalue weighted by Gasteiger charge is -2.05. The fraction of sp³-hybridized carbons (Fsp3) is 0.111. The zero-order valence-electron chi connectivity index (χ0n) is 7.19. The summed E-state index contributed by atoms with van der Waals surface area (Å²) in [5.74, 6) is 1.12. The Kier molecular flexibility index (Phi) is 1.73. The first kappa shape index (κ1) is 7.79. The van der Waals surface area contributed by atoms with E-state index in [9.17, 15) is 0 Å². The average Bonchev–Trinajstić information content (AvgIpc) is 2.17. The van der Waals surface area contributed by atoms with Gasteiger partial charge >= 0.3 is 0 Å². The second kappa shape index (κ2) is 2.90. The Morgan fingerprint density at radius 3 is 3.00 bits per heavy atom. The monoisotopic (exact) mass is 175 g/mol. The number of hydrogen-bond acceptors (Lipinski definition) is 4. The molecule has 0 atom stereocenters. The quantitative estimate of drug-likeness (QED) is 0.707. The number of fused-ring (bicyclic) bond motifs is 1. The van der Waals surface area contributed by atoms with Crippen LogP contribution in [0, 0.1) is 0 Å². The van der Waals surface area contributed by atoms with E-state index in [-0.39, 0.29) is 0 Å². The van der Waals surface area contributed by atoms with Crippen LogP contribution in [0.5, 0.6) is 5.75 Å². The van der Waals surface area contributed by atoms with Crippen LogP contribution < -0.4 is 10.5 Å². The summed E-state index contributed by atoms with van der Waals surface area (Å²) in [6.45, 7) is 0. The van der Waals surface area contributed by atoms with E-state index in [4.69, 9.17) is 10.5 Å². The summed E-state index contributed by atoms with van der Waals surface area (Å²) >= 11 is 0. The number of anilines is 1. The minimum Gasteiger partial charge on any atom is -0.494 e. The van der Waals surface area contributed by atoms with E-state index < -0.39 is 0 Å². The Balaban J connectivity index is 2.87. The Morgan fingerprint density at radius 2 is 2.23 bits per heavy atom. The molecule has 0 radical (unpaired) electrons. The molecule has 0 fully saturated rings. The lowest BCUT2D eigenvalue weighted by atomic mass is 10.2. The summed E-state index contributed by atoms with van der Waals surface area (Å²) < 4.78 is 5.13. The van der Waals surface area contributed by atoms with Gasteiger partial charge in [0.1, 0.15) is 11.6 Å². The Hall–Kier alpha value is -1.84. The Morgan fingerprint density at radius 1 is 1.38 bits per heavy atom. The third-order valence-electron chi connectivity index (χ3n) is 1.88. The normalized spacial score (nSPS) is 10.2. The Labute approximate surface area is 75.4 Å². The molecule has 4 heteroatoms. The number of aromatic nitrogens is 2. The van der Waals surface area contributed by atoms with Crippen LogP contribution in [0.4, 0.5) is 5.82 Å². The first-order valence-electron chi connectivity index (χ1n) is 3.85. The number of methoxy groups -OCH3 is 1. The van der Waals surface area contributed by atoms with Crippen LogP contribution in [-0.4, -0.2) is 17.1 Å². The molecule has 66 valence electrons. The van der Waals surface area contributed by atoms with Gasteiger partial charge in [-0.3, -0.25) is 4.98 Å². The molecule has 0 saturated carbocycles. The van der Waals surface area contributed by atoms with Crippen molar-refractivity contribution < 1.29 is 4.74 Å². The predicted octanol–water partition coefficient (Wildman–Crippen LogP) is 1.22. The summed E-state index contributed by atoms with van der Waals surface area (Å²) in [4.78, 5) is 8.00. The Bertz CT molecular complexity index is 437. The molecule has 0 saturated heterocycles. The van der Waals surface area contributed by atoms with Crippen molar-refractivity contribution in [2.24, 2.45) is 0 Å². The topological polar surface area (TPSA) is 61.0 Å². The summed E-state index contributed by atoms with van der Waals surface area (Å²) in [5.41, 5.74) is 5.71.